The van der Waals surface area contributed by atoms with Crippen LogP contribution in [0.5, 0.6) is 5.75 Å². The van der Waals surface area contributed by atoms with Crippen LogP contribution >= 0.6 is 12.4 Å². The summed E-state index contributed by atoms with van der Waals surface area (Å²) in [4.78, 5) is 15.2. The van der Waals surface area contributed by atoms with E-state index in [1.54, 1.807) is 12.1 Å². The number of nitrogens with zero attached hydrogens (tertiary/aromatic N) is 3. The first kappa shape index (κ1) is 23.2. The van der Waals surface area contributed by atoms with Crippen molar-refractivity contribution in [3.63, 3.8) is 0 Å². The van der Waals surface area contributed by atoms with Gasteiger partial charge >= 0.3 is 0 Å². The number of rotatable bonds is 9. The molecule has 3 aromatic rings. The van der Waals surface area contributed by atoms with Crippen molar-refractivity contribution >= 4 is 18.1 Å². The van der Waals surface area contributed by atoms with Crippen LogP contribution in [0, 0.1) is 10.1 Å². The van der Waals surface area contributed by atoms with E-state index in [2.05, 4.69) is 46.5 Å². The Morgan fingerprint density at radius 3 is 2.31 bits per heavy atom. The summed E-state index contributed by atoms with van der Waals surface area (Å²) < 4.78 is 6.22. The third-order valence-electron chi connectivity index (χ3n) is 5.26. The van der Waals surface area contributed by atoms with Gasteiger partial charge in [-0.2, -0.15) is 0 Å². The van der Waals surface area contributed by atoms with Crippen LogP contribution in [-0.2, 0) is 6.42 Å². The second-order valence-corrected chi connectivity index (χ2v) is 7.53. The van der Waals surface area contributed by atoms with Gasteiger partial charge in [0.2, 0.25) is 0 Å². The standard InChI is InChI=1S/C25H25N3O3.ClH/c29-28(30)23-12-7-13-24(18-23)31-25(22-10-5-2-6-11-22)19-27-17-16-26(20-27)15-14-21-8-3-1-4-9-21;/h1-13,16-18,25H,14-15,19-20H2;1H. The summed E-state index contributed by atoms with van der Waals surface area (Å²) in [7, 11) is 0. The largest absolute Gasteiger partial charge is 0.484 e. The summed E-state index contributed by atoms with van der Waals surface area (Å²) in [6.07, 6.45) is 4.93. The Morgan fingerprint density at radius 2 is 1.59 bits per heavy atom. The number of hydrogen-bond acceptors (Lipinski definition) is 5. The average molecular weight is 452 g/mol. The molecule has 1 atom stereocenters. The zero-order valence-electron chi connectivity index (χ0n) is 17.6. The molecule has 0 amide bonds. The first-order valence-corrected chi connectivity index (χ1v) is 10.3. The zero-order valence-corrected chi connectivity index (χ0v) is 18.4. The van der Waals surface area contributed by atoms with Crippen LogP contribution in [0.25, 0.3) is 0 Å². The highest BCUT2D eigenvalue weighted by atomic mass is 35.5. The van der Waals surface area contributed by atoms with Crippen molar-refractivity contribution in [2.24, 2.45) is 0 Å². The lowest BCUT2D eigenvalue weighted by molar-refractivity contribution is -0.385. The van der Waals surface area contributed by atoms with Crippen molar-refractivity contribution in [2.75, 3.05) is 19.8 Å². The van der Waals surface area contributed by atoms with Crippen molar-refractivity contribution in [3.05, 3.63) is 119 Å². The molecule has 3 aromatic carbocycles. The second kappa shape index (κ2) is 11.2. The van der Waals surface area contributed by atoms with Gasteiger partial charge in [-0.25, -0.2) is 0 Å². The highest BCUT2D eigenvalue weighted by Crippen LogP contribution is 2.27. The monoisotopic (exact) mass is 451 g/mol. The van der Waals surface area contributed by atoms with E-state index in [-0.39, 0.29) is 24.2 Å². The van der Waals surface area contributed by atoms with Crippen molar-refractivity contribution in [2.45, 2.75) is 12.5 Å². The third-order valence-corrected chi connectivity index (χ3v) is 5.26. The molecular weight excluding hydrogens is 426 g/mol. The number of ether oxygens (including phenoxy) is 1. The summed E-state index contributed by atoms with van der Waals surface area (Å²) in [5.74, 6) is 0.493. The van der Waals surface area contributed by atoms with Crippen LogP contribution in [0.1, 0.15) is 17.2 Å². The Balaban J connectivity index is 0.00000289. The number of nitro groups is 1. The SMILES string of the molecule is Cl.O=[N+]([O-])c1cccc(OC(CN2C=CN(CCc3ccccc3)C2)c2ccccc2)c1. The van der Waals surface area contributed by atoms with Gasteiger partial charge in [0.05, 0.1) is 24.2 Å². The summed E-state index contributed by atoms with van der Waals surface area (Å²) >= 11 is 0. The molecule has 6 nitrogen and oxygen atoms in total. The van der Waals surface area contributed by atoms with E-state index in [0.717, 1.165) is 25.2 Å². The first-order chi connectivity index (χ1) is 15.2. The van der Waals surface area contributed by atoms with Gasteiger partial charge < -0.3 is 14.5 Å². The van der Waals surface area contributed by atoms with Gasteiger partial charge in [-0.05, 0) is 23.6 Å². The highest BCUT2D eigenvalue weighted by molar-refractivity contribution is 5.85. The van der Waals surface area contributed by atoms with Gasteiger partial charge in [0.1, 0.15) is 11.9 Å². The molecule has 0 N–H and O–H groups in total. The van der Waals surface area contributed by atoms with E-state index in [9.17, 15) is 10.1 Å². The van der Waals surface area contributed by atoms with Crippen LogP contribution in [0.15, 0.2) is 97.3 Å². The quantitative estimate of drug-likeness (QED) is 0.321. The van der Waals surface area contributed by atoms with E-state index in [4.69, 9.17) is 4.74 Å². The van der Waals surface area contributed by atoms with Crippen molar-refractivity contribution in [1.82, 2.24) is 9.80 Å². The van der Waals surface area contributed by atoms with Crippen LogP contribution in [-0.4, -0.2) is 34.5 Å². The van der Waals surface area contributed by atoms with E-state index in [0.29, 0.717) is 12.3 Å². The lowest BCUT2D eigenvalue weighted by Crippen LogP contribution is -2.31. The smallest absolute Gasteiger partial charge is 0.273 e. The fraction of sp³-hybridized carbons (Fsp3) is 0.200. The summed E-state index contributed by atoms with van der Waals surface area (Å²) in [5, 5.41) is 11.1. The predicted molar refractivity (Wildman–Crippen MR) is 128 cm³/mol. The maximum Gasteiger partial charge on any atom is 0.273 e. The van der Waals surface area contributed by atoms with Gasteiger partial charge in [-0.3, -0.25) is 10.1 Å². The van der Waals surface area contributed by atoms with Crippen molar-refractivity contribution < 1.29 is 9.66 Å². The summed E-state index contributed by atoms with van der Waals surface area (Å²) in [6.45, 7) is 2.37. The Bertz CT molecular complexity index is 1030. The second-order valence-electron chi connectivity index (χ2n) is 7.53. The molecule has 0 saturated carbocycles. The van der Waals surface area contributed by atoms with Crippen LogP contribution in [0.3, 0.4) is 0 Å². The molecule has 32 heavy (non-hydrogen) atoms. The molecule has 0 aliphatic carbocycles. The molecule has 0 spiro atoms. The van der Waals surface area contributed by atoms with Gasteiger partial charge in [0.15, 0.2) is 0 Å². The number of non-ortho nitro benzene ring substituents is 1. The minimum Gasteiger partial charge on any atom is -0.484 e. The number of nitro benzene ring substituents is 1. The fourth-order valence-electron chi connectivity index (χ4n) is 3.62. The molecule has 0 bridgehead atoms. The van der Waals surface area contributed by atoms with Crippen LogP contribution < -0.4 is 4.74 Å². The minimum atomic E-state index is -0.405. The first-order valence-electron chi connectivity index (χ1n) is 10.3. The van der Waals surface area contributed by atoms with Crippen LogP contribution in [0.4, 0.5) is 5.69 Å². The Kier molecular flexibility index (Phi) is 8.11. The van der Waals surface area contributed by atoms with E-state index >= 15 is 0 Å². The van der Waals surface area contributed by atoms with Crippen LogP contribution in [0.2, 0.25) is 0 Å². The Morgan fingerprint density at radius 1 is 0.906 bits per heavy atom. The predicted octanol–water partition coefficient (Wildman–Crippen LogP) is 5.43. The molecule has 7 heteroatoms. The molecule has 0 aromatic heterocycles. The highest BCUT2D eigenvalue weighted by Gasteiger charge is 2.21. The molecule has 1 aliphatic rings. The topological polar surface area (TPSA) is 58.9 Å². The van der Waals surface area contributed by atoms with E-state index in [1.165, 1.54) is 17.7 Å². The van der Waals surface area contributed by atoms with Gasteiger partial charge in [0.25, 0.3) is 5.69 Å². The molecule has 1 unspecified atom stereocenters. The van der Waals surface area contributed by atoms with Gasteiger partial charge in [-0.1, -0.05) is 66.7 Å². The Hall–Kier alpha value is -3.51. The van der Waals surface area contributed by atoms with Crippen molar-refractivity contribution in [1.29, 1.82) is 0 Å². The third kappa shape index (κ3) is 6.25. The molecule has 0 radical (unpaired) electrons. The maximum atomic E-state index is 11.1. The molecule has 1 aliphatic heterocycles. The lowest BCUT2D eigenvalue weighted by atomic mass is 10.1. The molecule has 1 heterocycles. The number of halogens is 1. The molecular formula is C25H26ClN3O3. The molecule has 4 rings (SSSR count). The molecule has 0 fully saturated rings. The Labute approximate surface area is 194 Å². The zero-order chi connectivity index (χ0) is 21.5. The van der Waals surface area contributed by atoms with Crippen molar-refractivity contribution in [3.8, 4) is 5.75 Å². The fourth-order valence-corrected chi connectivity index (χ4v) is 3.62. The van der Waals surface area contributed by atoms with E-state index < -0.39 is 4.92 Å². The maximum absolute atomic E-state index is 11.1. The summed E-state index contributed by atoms with van der Waals surface area (Å²) in [6, 6.07) is 26.8. The minimum absolute atomic E-state index is 0. The molecule has 166 valence electrons. The number of benzene rings is 3. The van der Waals surface area contributed by atoms with Gasteiger partial charge in [-0.15, -0.1) is 12.4 Å². The normalized spacial score (nSPS) is 13.5. The van der Waals surface area contributed by atoms with Gasteiger partial charge in [0, 0.05) is 25.0 Å². The lowest BCUT2D eigenvalue weighted by Gasteiger charge is -2.27. The molecule has 0 saturated heterocycles. The summed E-state index contributed by atoms with van der Waals surface area (Å²) in [5.41, 5.74) is 2.38. The number of hydrogen-bond donors (Lipinski definition) is 0. The average Bonchev–Trinajstić information content (AvgIpc) is 3.26. The van der Waals surface area contributed by atoms with E-state index in [1.807, 2.05) is 36.4 Å².